The number of aromatic nitrogens is 1. The van der Waals surface area contributed by atoms with Crippen LogP contribution in [0, 0.1) is 11.6 Å². The van der Waals surface area contributed by atoms with E-state index in [9.17, 15) is 13.6 Å². The van der Waals surface area contributed by atoms with E-state index in [1.165, 1.54) is 31.5 Å². The second-order valence-electron chi connectivity index (χ2n) is 3.86. The largest absolute Gasteiger partial charge is 0.497 e. The van der Waals surface area contributed by atoms with Crippen LogP contribution in [0.2, 0.25) is 0 Å². The molecule has 20 heavy (non-hydrogen) atoms. The number of nitrogens with zero attached hydrogens (tertiary/aromatic N) is 1. The van der Waals surface area contributed by atoms with Crippen LogP contribution >= 0.6 is 0 Å². The minimum absolute atomic E-state index is 0.0902. The molecule has 0 aliphatic carbocycles. The molecule has 0 atom stereocenters. The number of carbonyl (C=O) groups is 1. The zero-order valence-electron chi connectivity index (χ0n) is 10.8. The van der Waals surface area contributed by atoms with Gasteiger partial charge in [-0.2, -0.15) is 0 Å². The fourth-order valence-corrected chi connectivity index (χ4v) is 1.71. The molecular formula is C14H11F2NO3. The van der Waals surface area contributed by atoms with Gasteiger partial charge in [0.15, 0.2) is 5.82 Å². The number of rotatable bonds is 3. The average Bonchev–Trinajstić information content (AvgIpc) is 2.47. The lowest BCUT2D eigenvalue weighted by Crippen LogP contribution is -2.07. The molecule has 0 spiro atoms. The maximum Gasteiger partial charge on any atom is 0.340 e. The van der Waals surface area contributed by atoms with Crippen molar-refractivity contribution in [3.8, 4) is 17.0 Å². The fraction of sp³-hybridized carbons (Fsp3) is 0.143. The number of hydrogen-bond acceptors (Lipinski definition) is 4. The number of hydrogen-bond donors (Lipinski definition) is 0. The first-order chi connectivity index (χ1) is 9.58. The summed E-state index contributed by atoms with van der Waals surface area (Å²) in [6, 6.07) is 5.02. The standard InChI is InChI=1S/C14H11F2NO3/c1-19-8-3-4-11(15)10(7-8)13-12(16)9(5-6-17-13)14(18)20-2/h3-7H,1-2H3. The van der Waals surface area contributed by atoms with Crippen LogP contribution in [0.15, 0.2) is 30.5 Å². The van der Waals surface area contributed by atoms with Gasteiger partial charge >= 0.3 is 5.97 Å². The minimum atomic E-state index is -0.938. The fourth-order valence-electron chi connectivity index (χ4n) is 1.71. The maximum absolute atomic E-state index is 14.2. The van der Waals surface area contributed by atoms with Gasteiger partial charge < -0.3 is 9.47 Å². The third-order valence-corrected chi connectivity index (χ3v) is 2.72. The molecule has 2 aromatic rings. The first-order valence-electron chi connectivity index (χ1n) is 5.65. The predicted molar refractivity (Wildman–Crippen MR) is 67.5 cm³/mol. The molecule has 0 saturated heterocycles. The molecule has 0 amide bonds. The molecule has 1 aromatic heterocycles. The molecule has 0 fully saturated rings. The Labute approximate surface area is 114 Å². The summed E-state index contributed by atoms with van der Waals surface area (Å²) in [5.74, 6) is -2.11. The zero-order valence-corrected chi connectivity index (χ0v) is 10.8. The van der Waals surface area contributed by atoms with Crippen LogP contribution in [0.1, 0.15) is 10.4 Å². The molecule has 1 aromatic carbocycles. The topological polar surface area (TPSA) is 48.4 Å². The highest BCUT2D eigenvalue weighted by atomic mass is 19.1. The highest BCUT2D eigenvalue weighted by molar-refractivity contribution is 5.91. The summed E-state index contributed by atoms with van der Waals surface area (Å²) in [6.07, 6.45) is 1.21. The Morgan fingerprint density at radius 1 is 1.20 bits per heavy atom. The quantitative estimate of drug-likeness (QED) is 0.811. The van der Waals surface area contributed by atoms with Gasteiger partial charge in [-0.05, 0) is 24.3 Å². The first-order valence-corrected chi connectivity index (χ1v) is 5.65. The highest BCUT2D eigenvalue weighted by Crippen LogP contribution is 2.28. The Morgan fingerprint density at radius 3 is 2.60 bits per heavy atom. The molecule has 0 N–H and O–H groups in total. The number of halogens is 2. The van der Waals surface area contributed by atoms with Gasteiger partial charge in [-0.15, -0.1) is 0 Å². The van der Waals surface area contributed by atoms with Gasteiger partial charge in [0.25, 0.3) is 0 Å². The van der Waals surface area contributed by atoms with Crippen molar-refractivity contribution >= 4 is 5.97 Å². The SMILES string of the molecule is COC(=O)c1ccnc(-c2cc(OC)ccc2F)c1F. The molecule has 2 rings (SSSR count). The molecule has 0 radical (unpaired) electrons. The Hall–Kier alpha value is -2.50. The van der Waals surface area contributed by atoms with Crippen molar-refractivity contribution in [3.63, 3.8) is 0 Å². The van der Waals surface area contributed by atoms with E-state index in [0.29, 0.717) is 5.75 Å². The summed E-state index contributed by atoms with van der Waals surface area (Å²) in [4.78, 5) is 15.2. The number of pyridine rings is 1. The van der Waals surface area contributed by atoms with E-state index in [4.69, 9.17) is 4.74 Å². The summed E-state index contributed by atoms with van der Waals surface area (Å²) >= 11 is 0. The summed E-state index contributed by atoms with van der Waals surface area (Å²) < 4.78 is 37.5. The summed E-state index contributed by atoms with van der Waals surface area (Å²) in [5, 5.41) is 0. The molecule has 6 heteroatoms. The number of carbonyl (C=O) groups excluding carboxylic acids is 1. The Morgan fingerprint density at radius 2 is 1.95 bits per heavy atom. The van der Waals surface area contributed by atoms with E-state index in [1.807, 2.05) is 0 Å². The van der Waals surface area contributed by atoms with Gasteiger partial charge in [-0.1, -0.05) is 0 Å². The van der Waals surface area contributed by atoms with Gasteiger partial charge in [-0.3, -0.25) is 4.98 Å². The van der Waals surface area contributed by atoms with Crippen LogP contribution in [0.3, 0.4) is 0 Å². The summed E-state index contributed by atoms with van der Waals surface area (Å²) in [7, 11) is 2.54. The Balaban J connectivity index is 2.61. The molecule has 0 saturated carbocycles. The lowest BCUT2D eigenvalue weighted by molar-refractivity contribution is 0.0595. The molecule has 104 valence electrons. The van der Waals surface area contributed by atoms with E-state index < -0.39 is 17.6 Å². The van der Waals surface area contributed by atoms with Crippen molar-refractivity contribution < 1.29 is 23.0 Å². The normalized spacial score (nSPS) is 10.2. The van der Waals surface area contributed by atoms with E-state index >= 15 is 0 Å². The monoisotopic (exact) mass is 279 g/mol. The van der Waals surface area contributed by atoms with Crippen molar-refractivity contribution in [2.75, 3.05) is 14.2 Å². The van der Waals surface area contributed by atoms with E-state index in [2.05, 4.69) is 9.72 Å². The van der Waals surface area contributed by atoms with E-state index in [1.54, 1.807) is 0 Å². The molecule has 1 heterocycles. The minimum Gasteiger partial charge on any atom is -0.497 e. The van der Waals surface area contributed by atoms with Crippen LogP contribution in [0.25, 0.3) is 11.3 Å². The van der Waals surface area contributed by atoms with Crippen LogP contribution in [0.4, 0.5) is 8.78 Å². The smallest absolute Gasteiger partial charge is 0.340 e. The molecular weight excluding hydrogens is 268 g/mol. The van der Waals surface area contributed by atoms with Gasteiger partial charge in [0.05, 0.1) is 19.8 Å². The van der Waals surface area contributed by atoms with E-state index in [-0.39, 0.29) is 16.8 Å². The van der Waals surface area contributed by atoms with Gasteiger partial charge in [0.2, 0.25) is 0 Å². The predicted octanol–water partition coefficient (Wildman–Crippen LogP) is 2.82. The lowest BCUT2D eigenvalue weighted by atomic mass is 10.1. The number of ether oxygens (including phenoxy) is 2. The summed E-state index contributed by atoms with van der Waals surface area (Å²) in [5.41, 5.74) is -0.670. The lowest BCUT2D eigenvalue weighted by Gasteiger charge is -2.08. The van der Waals surface area contributed by atoms with Crippen molar-refractivity contribution in [3.05, 3.63) is 47.7 Å². The molecule has 0 aliphatic rings. The van der Waals surface area contributed by atoms with Crippen LogP contribution in [-0.2, 0) is 4.74 Å². The van der Waals surface area contributed by atoms with Gasteiger partial charge in [-0.25, -0.2) is 13.6 Å². The number of benzene rings is 1. The highest BCUT2D eigenvalue weighted by Gasteiger charge is 2.20. The van der Waals surface area contributed by atoms with E-state index in [0.717, 1.165) is 13.2 Å². The second kappa shape index (κ2) is 5.64. The van der Waals surface area contributed by atoms with Gasteiger partial charge in [0.1, 0.15) is 17.3 Å². The van der Waals surface area contributed by atoms with Crippen molar-refractivity contribution in [1.29, 1.82) is 0 Å². The Bertz CT molecular complexity index is 659. The van der Waals surface area contributed by atoms with Crippen molar-refractivity contribution in [1.82, 2.24) is 4.98 Å². The Kier molecular flexibility index (Phi) is 3.93. The van der Waals surface area contributed by atoms with Crippen molar-refractivity contribution in [2.24, 2.45) is 0 Å². The maximum atomic E-state index is 14.2. The second-order valence-corrected chi connectivity index (χ2v) is 3.86. The van der Waals surface area contributed by atoms with Crippen LogP contribution < -0.4 is 4.74 Å². The van der Waals surface area contributed by atoms with Crippen LogP contribution in [-0.4, -0.2) is 25.2 Å². The molecule has 0 bridgehead atoms. The summed E-state index contributed by atoms with van der Waals surface area (Å²) in [6.45, 7) is 0. The molecule has 0 aliphatic heterocycles. The zero-order chi connectivity index (χ0) is 14.7. The number of esters is 1. The number of methoxy groups -OCH3 is 2. The average molecular weight is 279 g/mol. The molecule has 4 nitrogen and oxygen atoms in total. The van der Waals surface area contributed by atoms with Gasteiger partial charge in [0, 0.05) is 11.8 Å². The third-order valence-electron chi connectivity index (χ3n) is 2.72. The first kappa shape index (κ1) is 13.9. The molecule has 0 unspecified atom stereocenters. The third kappa shape index (κ3) is 2.45. The van der Waals surface area contributed by atoms with Crippen LogP contribution in [0.5, 0.6) is 5.75 Å². The van der Waals surface area contributed by atoms with Crippen molar-refractivity contribution in [2.45, 2.75) is 0 Å².